The third kappa shape index (κ3) is 9.10. The van der Waals surface area contributed by atoms with E-state index in [2.05, 4.69) is 24.4 Å². The van der Waals surface area contributed by atoms with Gasteiger partial charge in [-0.05, 0) is 31.2 Å². The second-order valence-electron chi connectivity index (χ2n) is 5.48. The number of halogens is 1. The van der Waals surface area contributed by atoms with Crippen molar-refractivity contribution in [1.82, 2.24) is 4.72 Å². The molecule has 1 heterocycles. The Kier molecular flexibility index (Phi) is 9.68. The largest absolute Gasteiger partial charge is 0.322 e. The Labute approximate surface area is 147 Å². The minimum atomic E-state index is -2.72. The lowest BCUT2D eigenvalue weighted by Crippen LogP contribution is -2.29. The maximum atomic E-state index is 11.9. The van der Waals surface area contributed by atoms with Gasteiger partial charge in [0, 0.05) is 11.8 Å². The SMILES string of the molecule is C=S(=O)(NC(=O)CC)c1cc(Cl)cs1.CC(=O)C(N)CC(C)C. The van der Waals surface area contributed by atoms with Gasteiger partial charge < -0.3 is 5.73 Å². The Morgan fingerprint density at radius 1 is 1.48 bits per heavy atom. The van der Waals surface area contributed by atoms with Crippen LogP contribution in [0.15, 0.2) is 15.7 Å². The van der Waals surface area contributed by atoms with Crippen LogP contribution in [0.3, 0.4) is 0 Å². The van der Waals surface area contributed by atoms with Gasteiger partial charge >= 0.3 is 0 Å². The lowest BCUT2D eigenvalue weighted by atomic mass is 10.0. The van der Waals surface area contributed by atoms with Gasteiger partial charge in [-0.1, -0.05) is 32.4 Å². The molecule has 0 aromatic carbocycles. The molecule has 0 saturated heterocycles. The van der Waals surface area contributed by atoms with Crippen molar-refractivity contribution >= 4 is 50.2 Å². The number of carbonyl (C=O) groups excluding carboxylic acids is 2. The average Bonchev–Trinajstić information content (AvgIpc) is 2.85. The first-order valence-electron chi connectivity index (χ1n) is 7.17. The molecule has 0 spiro atoms. The molecule has 23 heavy (non-hydrogen) atoms. The highest BCUT2D eigenvalue weighted by Gasteiger charge is 2.12. The summed E-state index contributed by atoms with van der Waals surface area (Å²) in [5, 5.41) is 2.16. The molecule has 0 bridgehead atoms. The fourth-order valence-electron chi connectivity index (χ4n) is 1.45. The lowest BCUT2D eigenvalue weighted by Gasteiger charge is -2.08. The van der Waals surface area contributed by atoms with Gasteiger partial charge in [0.15, 0.2) is 0 Å². The van der Waals surface area contributed by atoms with Crippen LogP contribution in [0.4, 0.5) is 0 Å². The summed E-state index contributed by atoms with van der Waals surface area (Å²) in [6.45, 7) is 7.34. The van der Waals surface area contributed by atoms with E-state index in [4.69, 9.17) is 17.3 Å². The van der Waals surface area contributed by atoms with Crippen molar-refractivity contribution in [1.29, 1.82) is 0 Å². The average molecular weight is 381 g/mol. The Morgan fingerprint density at radius 2 is 2.04 bits per heavy atom. The van der Waals surface area contributed by atoms with Crippen LogP contribution in [0.2, 0.25) is 5.02 Å². The zero-order valence-electron chi connectivity index (χ0n) is 13.9. The smallest absolute Gasteiger partial charge is 0.231 e. The predicted molar refractivity (Wildman–Crippen MR) is 99.4 cm³/mol. The fraction of sp³-hybridized carbons (Fsp3) is 0.533. The summed E-state index contributed by atoms with van der Waals surface area (Å²) >= 11 is 6.91. The number of carbonyl (C=O) groups is 2. The molecule has 0 saturated carbocycles. The van der Waals surface area contributed by atoms with Crippen LogP contribution in [-0.2, 0) is 19.3 Å². The van der Waals surface area contributed by atoms with Crippen molar-refractivity contribution in [2.75, 3.05) is 0 Å². The number of ketones is 1. The number of hydrogen-bond acceptors (Lipinski definition) is 5. The summed E-state index contributed by atoms with van der Waals surface area (Å²) in [6.07, 6.45) is 1.08. The third-order valence-electron chi connectivity index (χ3n) is 2.72. The molecule has 0 aliphatic heterocycles. The van der Waals surface area contributed by atoms with E-state index in [1.165, 1.54) is 18.3 Å². The number of thiophene rings is 1. The first kappa shape index (κ1) is 22.1. The minimum Gasteiger partial charge on any atom is -0.322 e. The number of amides is 1. The van der Waals surface area contributed by atoms with Gasteiger partial charge in [0.05, 0.1) is 20.8 Å². The summed E-state index contributed by atoms with van der Waals surface area (Å²) < 4.78 is 14.7. The Bertz CT molecular complexity index is 624. The summed E-state index contributed by atoms with van der Waals surface area (Å²) in [7, 11) is -2.72. The molecular formula is C15H25ClN2O3S2. The van der Waals surface area contributed by atoms with Crippen molar-refractivity contribution in [3.63, 3.8) is 0 Å². The van der Waals surface area contributed by atoms with Crippen LogP contribution in [0.5, 0.6) is 0 Å². The number of nitrogens with two attached hydrogens (primary N) is 1. The first-order chi connectivity index (χ1) is 10.5. The van der Waals surface area contributed by atoms with Crippen LogP contribution in [0.25, 0.3) is 0 Å². The Morgan fingerprint density at radius 3 is 2.35 bits per heavy atom. The molecule has 5 nitrogen and oxygen atoms in total. The minimum absolute atomic E-state index is 0.0868. The van der Waals surface area contributed by atoms with E-state index in [1.54, 1.807) is 18.4 Å². The second kappa shape index (κ2) is 10.1. The van der Waals surface area contributed by atoms with Crippen LogP contribution >= 0.6 is 22.9 Å². The van der Waals surface area contributed by atoms with Gasteiger partial charge in [-0.15, -0.1) is 11.3 Å². The van der Waals surface area contributed by atoms with Gasteiger partial charge in [-0.3, -0.25) is 14.3 Å². The molecule has 2 atom stereocenters. The monoisotopic (exact) mass is 380 g/mol. The number of hydrogen-bond donors (Lipinski definition) is 2. The first-order valence-corrected chi connectivity index (χ1v) is 10.2. The van der Waals surface area contributed by atoms with E-state index in [1.807, 2.05) is 0 Å². The third-order valence-corrected chi connectivity index (χ3v) is 6.21. The molecule has 1 amide bonds. The maximum absolute atomic E-state index is 11.9. The number of Topliss-reactive ketones (excluding diaryl/α,β-unsaturated/α-hetero) is 1. The van der Waals surface area contributed by atoms with Crippen LogP contribution in [-0.4, -0.2) is 27.8 Å². The van der Waals surface area contributed by atoms with E-state index in [0.717, 1.165) is 6.42 Å². The molecule has 0 radical (unpaired) electrons. The van der Waals surface area contributed by atoms with Gasteiger partial charge in [-0.25, -0.2) is 4.21 Å². The van der Waals surface area contributed by atoms with Crippen molar-refractivity contribution in [3.05, 3.63) is 16.5 Å². The Hall–Kier alpha value is -0.890. The van der Waals surface area contributed by atoms with Crippen LogP contribution in [0, 0.1) is 5.92 Å². The van der Waals surface area contributed by atoms with Crippen molar-refractivity contribution < 1.29 is 13.8 Å². The molecule has 3 N–H and O–H groups in total. The quantitative estimate of drug-likeness (QED) is 0.742. The fourth-order valence-corrected chi connectivity index (χ4v) is 4.13. The molecule has 2 unspecified atom stereocenters. The summed E-state index contributed by atoms with van der Waals surface area (Å²) in [4.78, 5) is 21.6. The normalized spacial score (nSPS) is 14.4. The van der Waals surface area contributed by atoms with E-state index in [-0.39, 0.29) is 24.2 Å². The number of rotatable bonds is 6. The molecule has 1 aromatic rings. The zero-order chi connectivity index (χ0) is 18.2. The lowest BCUT2D eigenvalue weighted by molar-refractivity contribution is -0.119. The molecular weight excluding hydrogens is 356 g/mol. The standard InChI is InChI=1S/C8H10ClNO2S2.C7H15NO/c1-3-7(11)10-14(2,12)8-4-6(9)5-13-8;1-5(2)4-7(8)6(3)9/h4-5H,2-3H2,1H3,(H,10,11,12);5,7H,4,8H2,1-3H3. The van der Waals surface area contributed by atoms with Gasteiger partial charge in [0.1, 0.15) is 9.99 Å². The highest BCUT2D eigenvalue weighted by Crippen LogP contribution is 2.23. The van der Waals surface area contributed by atoms with E-state index < -0.39 is 9.71 Å². The molecule has 0 fully saturated rings. The van der Waals surface area contributed by atoms with E-state index in [0.29, 0.717) is 15.1 Å². The zero-order valence-corrected chi connectivity index (χ0v) is 16.3. The topological polar surface area (TPSA) is 89.3 Å². The molecule has 8 heteroatoms. The van der Waals surface area contributed by atoms with Crippen LogP contribution < -0.4 is 10.5 Å². The molecule has 132 valence electrons. The maximum Gasteiger partial charge on any atom is 0.231 e. The summed E-state index contributed by atoms with van der Waals surface area (Å²) in [5.41, 5.74) is 5.47. The molecule has 1 rings (SSSR count). The Balaban J connectivity index is 0.000000468. The van der Waals surface area contributed by atoms with Crippen molar-refractivity contribution in [2.24, 2.45) is 11.7 Å². The van der Waals surface area contributed by atoms with Gasteiger partial charge in [0.2, 0.25) is 5.91 Å². The highest BCUT2D eigenvalue weighted by molar-refractivity contribution is 8.00. The van der Waals surface area contributed by atoms with Crippen molar-refractivity contribution in [3.8, 4) is 0 Å². The summed E-state index contributed by atoms with van der Waals surface area (Å²) in [5.74, 6) is 3.81. The van der Waals surface area contributed by atoms with Gasteiger partial charge in [-0.2, -0.15) is 0 Å². The molecule has 0 aliphatic carbocycles. The van der Waals surface area contributed by atoms with Crippen LogP contribution in [0.1, 0.15) is 40.5 Å². The van der Waals surface area contributed by atoms with Crippen molar-refractivity contribution in [2.45, 2.75) is 50.8 Å². The molecule has 1 aromatic heterocycles. The number of nitrogens with one attached hydrogen (secondary N) is 1. The molecule has 0 aliphatic rings. The highest BCUT2D eigenvalue weighted by atomic mass is 35.5. The van der Waals surface area contributed by atoms with Gasteiger partial charge in [0.25, 0.3) is 0 Å². The van der Waals surface area contributed by atoms with E-state index >= 15 is 0 Å². The van der Waals surface area contributed by atoms with E-state index in [9.17, 15) is 13.8 Å². The predicted octanol–water partition coefficient (Wildman–Crippen LogP) is 2.87. The second-order valence-corrected chi connectivity index (χ2v) is 9.09. The summed E-state index contributed by atoms with van der Waals surface area (Å²) in [6, 6.07) is 1.31.